The van der Waals surface area contributed by atoms with E-state index in [4.69, 9.17) is 11.6 Å². The average Bonchev–Trinajstić information content (AvgIpc) is 2.48. The number of anilines is 1. The zero-order valence-electron chi connectivity index (χ0n) is 11.6. The molecule has 0 spiro atoms. The van der Waals surface area contributed by atoms with Gasteiger partial charge < -0.3 is 0 Å². The van der Waals surface area contributed by atoms with Crippen molar-refractivity contribution in [3.8, 4) is 0 Å². The van der Waals surface area contributed by atoms with E-state index in [2.05, 4.69) is 4.72 Å². The van der Waals surface area contributed by atoms with Crippen molar-refractivity contribution < 1.29 is 22.1 Å². The number of sulfonamides is 1. The van der Waals surface area contributed by atoms with Crippen molar-refractivity contribution in [2.45, 2.75) is 15.5 Å². The van der Waals surface area contributed by atoms with Crippen LogP contribution in [0.15, 0.2) is 52.3 Å². The van der Waals surface area contributed by atoms with E-state index in [1.54, 1.807) is 0 Å². The molecule has 0 heterocycles. The summed E-state index contributed by atoms with van der Waals surface area (Å²) in [7, 11) is -4.09. The van der Waals surface area contributed by atoms with Crippen molar-refractivity contribution in [1.29, 1.82) is 0 Å². The maximum atomic E-state index is 12.2. The summed E-state index contributed by atoms with van der Waals surface area (Å²) in [6, 6.07) is 8.36. The van der Waals surface area contributed by atoms with Gasteiger partial charge in [-0.05, 0) is 36.4 Å². The molecule has 2 aromatic carbocycles. The second-order valence-corrected chi connectivity index (χ2v) is 7.53. The third kappa shape index (κ3) is 4.56. The van der Waals surface area contributed by atoms with E-state index in [9.17, 15) is 27.3 Å². The molecule has 0 saturated heterocycles. The van der Waals surface area contributed by atoms with Gasteiger partial charge in [0.2, 0.25) is 0 Å². The van der Waals surface area contributed by atoms with Crippen LogP contribution in [-0.4, -0.2) is 19.1 Å². The van der Waals surface area contributed by atoms with E-state index >= 15 is 0 Å². The number of nitro groups is 1. The van der Waals surface area contributed by atoms with Gasteiger partial charge in [-0.3, -0.25) is 14.8 Å². The van der Waals surface area contributed by atoms with Crippen LogP contribution in [0.5, 0.6) is 0 Å². The Labute approximate surface area is 145 Å². The standard InChI is InChI=1S/C13H9ClF2N2O4S2/c14-11-6-5-10(7-12(11)18(19)20)24(21,22)17-8-1-3-9(4-2-8)23-13(15)16/h1-7,13,17H. The SMILES string of the molecule is O=[N+]([O-])c1cc(S(=O)(=O)Nc2ccc(SC(F)F)cc2)ccc1Cl. The summed E-state index contributed by atoms with van der Waals surface area (Å²) < 4.78 is 51.2. The largest absolute Gasteiger partial charge is 0.289 e. The number of hydrogen-bond donors (Lipinski definition) is 1. The second-order valence-electron chi connectivity index (χ2n) is 4.38. The summed E-state index contributed by atoms with van der Waals surface area (Å²) in [5.74, 6) is -2.58. The van der Waals surface area contributed by atoms with Crippen LogP contribution in [0.3, 0.4) is 0 Å². The Kier molecular flexibility index (Phi) is 5.62. The molecule has 0 aliphatic heterocycles. The Balaban J connectivity index is 2.25. The molecule has 0 aromatic heterocycles. The van der Waals surface area contributed by atoms with Gasteiger partial charge in [-0.1, -0.05) is 23.4 Å². The number of halogens is 3. The molecular formula is C13H9ClF2N2O4S2. The number of rotatable bonds is 6. The molecule has 11 heteroatoms. The monoisotopic (exact) mass is 394 g/mol. The van der Waals surface area contributed by atoms with E-state index in [0.29, 0.717) is 11.8 Å². The fourth-order valence-electron chi connectivity index (χ4n) is 1.72. The highest BCUT2D eigenvalue weighted by Crippen LogP contribution is 2.29. The summed E-state index contributed by atoms with van der Waals surface area (Å²) >= 11 is 5.97. The molecule has 24 heavy (non-hydrogen) atoms. The minimum Gasteiger partial charge on any atom is -0.280 e. The van der Waals surface area contributed by atoms with Gasteiger partial charge in [0.05, 0.1) is 9.82 Å². The molecule has 0 aliphatic rings. The highest BCUT2D eigenvalue weighted by molar-refractivity contribution is 7.99. The van der Waals surface area contributed by atoms with Gasteiger partial charge in [0, 0.05) is 16.6 Å². The predicted octanol–water partition coefficient (Wildman–Crippen LogP) is 4.36. The number of alkyl halides is 2. The molecule has 0 radical (unpaired) electrons. The Hall–Kier alpha value is -1.91. The lowest BCUT2D eigenvalue weighted by Gasteiger charge is -2.09. The third-order valence-corrected chi connectivity index (χ3v) is 5.18. The van der Waals surface area contributed by atoms with Crippen molar-refractivity contribution in [3.63, 3.8) is 0 Å². The van der Waals surface area contributed by atoms with Gasteiger partial charge in [-0.25, -0.2) is 8.42 Å². The lowest BCUT2D eigenvalue weighted by Crippen LogP contribution is -2.13. The molecule has 0 atom stereocenters. The smallest absolute Gasteiger partial charge is 0.280 e. The van der Waals surface area contributed by atoms with Crippen LogP contribution in [0.2, 0.25) is 5.02 Å². The van der Waals surface area contributed by atoms with E-state index in [0.717, 1.165) is 18.2 Å². The fraction of sp³-hybridized carbons (Fsp3) is 0.0769. The van der Waals surface area contributed by atoms with Crippen LogP contribution in [-0.2, 0) is 10.0 Å². The molecule has 2 aromatic rings. The summed E-state index contributed by atoms with van der Waals surface area (Å²) in [5, 5.41) is 10.6. The summed E-state index contributed by atoms with van der Waals surface area (Å²) in [6.07, 6.45) is 0. The van der Waals surface area contributed by atoms with Gasteiger partial charge in [0.25, 0.3) is 21.5 Å². The van der Waals surface area contributed by atoms with Crippen molar-refractivity contribution in [3.05, 3.63) is 57.6 Å². The molecule has 2 rings (SSSR count). The Morgan fingerprint density at radius 2 is 1.79 bits per heavy atom. The maximum absolute atomic E-state index is 12.2. The first kappa shape index (κ1) is 18.4. The molecule has 0 aliphatic carbocycles. The molecule has 128 valence electrons. The van der Waals surface area contributed by atoms with Crippen LogP contribution in [0.25, 0.3) is 0 Å². The quantitative estimate of drug-likeness (QED) is 0.446. The lowest BCUT2D eigenvalue weighted by atomic mass is 10.3. The number of hydrogen-bond acceptors (Lipinski definition) is 5. The normalized spacial score (nSPS) is 11.5. The summed E-state index contributed by atoms with van der Waals surface area (Å²) in [5.41, 5.74) is -0.408. The van der Waals surface area contributed by atoms with Gasteiger partial charge in [0.15, 0.2) is 0 Å². The highest BCUT2D eigenvalue weighted by atomic mass is 35.5. The first-order chi connectivity index (χ1) is 11.2. The number of nitrogens with zero attached hydrogens (tertiary/aromatic N) is 1. The Morgan fingerprint density at radius 1 is 1.17 bits per heavy atom. The first-order valence-corrected chi connectivity index (χ1v) is 8.95. The maximum Gasteiger partial charge on any atom is 0.289 e. The minimum absolute atomic E-state index is 0.131. The number of nitrogens with one attached hydrogen (secondary N) is 1. The first-order valence-electron chi connectivity index (χ1n) is 6.20. The molecular weight excluding hydrogens is 386 g/mol. The zero-order chi connectivity index (χ0) is 17.9. The zero-order valence-corrected chi connectivity index (χ0v) is 14.0. The Morgan fingerprint density at radius 3 is 2.33 bits per heavy atom. The van der Waals surface area contributed by atoms with Gasteiger partial charge >= 0.3 is 0 Å². The van der Waals surface area contributed by atoms with Crippen LogP contribution < -0.4 is 4.72 Å². The third-order valence-electron chi connectivity index (χ3n) is 2.76. The van der Waals surface area contributed by atoms with Crippen molar-refractivity contribution in [2.24, 2.45) is 0 Å². The van der Waals surface area contributed by atoms with E-state index in [-0.39, 0.29) is 20.5 Å². The molecule has 0 bridgehead atoms. The van der Waals surface area contributed by atoms with E-state index in [1.807, 2.05) is 0 Å². The van der Waals surface area contributed by atoms with Crippen LogP contribution in [0, 0.1) is 10.1 Å². The molecule has 6 nitrogen and oxygen atoms in total. The van der Waals surface area contributed by atoms with E-state index in [1.165, 1.54) is 24.3 Å². The molecule has 0 unspecified atom stereocenters. The highest BCUT2D eigenvalue weighted by Gasteiger charge is 2.20. The molecule has 0 amide bonds. The topological polar surface area (TPSA) is 89.3 Å². The van der Waals surface area contributed by atoms with Gasteiger partial charge in [0.1, 0.15) is 5.02 Å². The van der Waals surface area contributed by atoms with E-state index < -0.39 is 26.4 Å². The predicted molar refractivity (Wildman–Crippen MR) is 87.2 cm³/mol. The Bertz CT molecular complexity index is 861. The molecule has 0 saturated carbocycles. The van der Waals surface area contributed by atoms with Gasteiger partial charge in [-0.2, -0.15) is 8.78 Å². The molecule has 0 fully saturated rings. The second kappa shape index (κ2) is 7.32. The number of nitro benzene ring substituents is 1. The van der Waals surface area contributed by atoms with Crippen molar-refractivity contribution in [1.82, 2.24) is 0 Å². The average molecular weight is 395 g/mol. The number of thioether (sulfide) groups is 1. The van der Waals surface area contributed by atoms with Crippen LogP contribution >= 0.6 is 23.4 Å². The summed E-state index contributed by atoms with van der Waals surface area (Å²) in [4.78, 5) is 9.96. The fourth-order valence-corrected chi connectivity index (χ4v) is 3.48. The van der Waals surface area contributed by atoms with Crippen LogP contribution in [0.4, 0.5) is 20.2 Å². The summed E-state index contributed by atoms with van der Waals surface area (Å²) in [6.45, 7) is 0. The van der Waals surface area contributed by atoms with Crippen LogP contribution in [0.1, 0.15) is 0 Å². The lowest BCUT2D eigenvalue weighted by molar-refractivity contribution is -0.384. The van der Waals surface area contributed by atoms with Crippen molar-refractivity contribution in [2.75, 3.05) is 4.72 Å². The van der Waals surface area contributed by atoms with Gasteiger partial charge in [-0.15, -0.1) is 0 Å². The number of benzene rings is 2. The molecule has 1 N–H and O–H groups in total. The minimum atomic E-state index is -4.09. The van der Waals surface area contributed by atoms with Crippen molar-refractivity contribution >= 4 is 44.8 Å².